The lowest BCUT2D eigenvalue weighted by atomic mass is 10.1. The molecular formula is C25H23Cl2N3O2. The van der Waals surface area contributed by atoms with Gasteiger partial charge in [-0.15, -0.1) is 0 Å². The van der Waals surface area contributed by atoms with E-state index >= 15 is 0 Å². The molecule has 0 unspecified atom stereocenters. The second-order valence-corrected chi connectivity index (χ2v) is 8.51. The van der Waals surface area contributed by atoms with Crippen molar-refractivity contribution in [2.75, 3.05) is 36.4 Å². The number of piperazine rings is 1. The van der Waals surface area contributed by atoms with E-state index in [4.69, 9.17) is 23.2 Å². The number of benzene rings is 3. The first-order chi connectivity index (χ1) is 15.4. The quantitative estimate of drug-likeness (QED) is 0.549. The van der Waals surface area contributed by atoms with Crippen molar-refractivity contribution in [3.63, 3.8) is 0 Å². The summed E-state index contributed by atoms with van der Waals surface area (Å²) >= 11 is 12.6. The zero-order valence-corrected chi connectivity index (χ0v) is 19.2. The number of hydrogen-bond acceptors (Lipinski definition) is 3. The first-order valence-corrected chi connectivity index (χ1v) is 11.1. The number of carbonyl (C=O) groups excluding carboxylic acids is 2. The van der Waals surface area contributed by atoms with Gasteiger partial charge in [0, 0.05) is 37.4 Å². The van der Waals surface area contributed by atoms with Gasteiger partial charge in [0.25, 0.3) is 11.8 Å². The minimum Gasteiger partial charge on any atom is -0.367 e. The molecule has 3 aromatic rings. The van der Waals surface area contributed by atoms with Gasteiger partial charge in [-0.25, -0.2) is 0 Å². The molecule has 4 rings (SSSR count). The van der Waals surface area contributed by atoms with Crippen molar-refractivity contribution in [3.8, 4) is 0 Å². The van der Waals surface area contributed by atoms with E-state index in [1.807, 2.05) is 48.2 Å². The third-order valence-corrected chi connectivity index (χ3v) is 6.24. The lowest BCUT2D eigenvalue weighted by molar-refractivity contribution is 0.0746. The minimum absolute atomic E-state index is 0.0616. The maximum absolute atomic E-state index is 12.9. The lowest BCUT2D eigenvalue weighted by Gasteiger charge is -2.36. The molecular weight excluding hydrogens is 445 g/mol. The Hall–Kier alpha value is -3.02. The van der Waals surface area contributed by atoms with Crippen molar-refractivity contribution >= 4 is 46.4 Å². The molecule has 1 heterocycles. The molecule has 0 bridgehead atoms. The smallest absolute Gasteiger partial charge is 0.257 e. The zero-order chi connectivity index (χ0) is 22.7. The molecule has 0 saturated carbocycles. The van der Waals surface area contributed by atoms with Gasteiger partial charge >= 0.3 is 0 Å². The van der Waals surface area contributed by atoms with Gasteiger partial charge in [0.2, 0.25) is 0 Å². The number of hydrogen-bond donors (Lipinski definition) is 1. The van der Waals surface area contributed by atoms with Crippen LogP contribution in [0.4, 0.5) is 11.4 Å². The van der Waals surface area contributed by atoms with Gasteiger partial charge in [-0.3, -0.25) is 9.59 Å². The summed E-state index contributed by atoms with van der Waals surface area (Å²) < 4.78 is 0. The predicted molar refractivity (Wildman–Crippen MR) is 130 cm³/mol. The van der Waals surface area contributed by atoms with Gasteiger partial charge < -0.3 is 15.1 Å². The van der Waals surface area contributed by atoms with E-state index in [1.54, 1.807) is 30.3 Å². The van der Waals surface area contributed by atoms with Gasteiger partial charge in [0.05, 0.1) is 21.3 Å². The second kappa shape index (κ2) is 9.63. The molecule has 164 valence electrons. The van der Waals surface area contributed by atoms with Crippen LogP contribution in [-0.4, -0.2) is 42.9 Å². The summed E-state index contributed by atoms with van der Waals surface area (Å²) in [6, 6.07) is 20.0. The third kappa shape index (κ3) is 4.74. The molecule has 1 aliphatic rings. The van der Waals surface area contributed by atoms with Crippen molar-refractivity contribution in [1.82, 2.24) is 4.90 Å². The van der Waals surface area contributed by atoms with Crippen LogP contribution in [-0.2, 0) is 0 Å². The van der Waals surface area contributed by atoms with E-state index in [-0.39, 0.29) is 11.8 Å². The van der Waals surface area contributed by atoms with Gasteiger partial charge in [-0.05, 0) is 48.9 Å². The molecule has 0 atom stereocenters. The summed E-state index contributed by atoms with van der Waals surface area (Å²) in [4.78, 5) is 29.4. The SMILES string of the molecule is Cc1ccccc1C(=O)N1CCN(c2ccc(NC(=O)c3ccccc3Cl)cc2Cl)CC1. The van der Waals surface area contributed by atoms with E-state index < -0.39 is 0 Å². The van der Waals surface area contributed by atoms with Crippen LogP contribution in [0.3, 0.4) is 0 Å². The second-order valence-electron chi connectivity index (χ2n) is 7.69. The summed E-state index contributed by atoms with van der Waals surface area (Å²) in [5, 5.41) is 3.77. The Morgan fingerprint density at radius 2 is 1.47 bits per heavy atom. The highest BCUT2D eigenvalue weighted by atomic mass is 35.5. The molecule has 0 spiro atoms. The number of nitrogens with one attached hydrogen (secondary N) is 1. The molecule has 1 fully saturated rings. The van der Waals surface area contributed by atoms with Crippen LogP contribution in [0, 0.1) is 6.92 Å². The van der Waals surface area contributed by atoms with Gasteiger partial charge in [-0.1, -0.05) is 53.5 Å². The molecule has 1 N–H and O–H groups in total. The average molecular weight is 468 g/mol. The van der Waals surface area contributed by atoms with Crippen LogP contribution in [0.25, 0.3) is 0 Å². The Morgan fingerprint density at radius 1 is 0.812 bits per heavy atom. The van der Waals surface area contributed by atoms with E-state index in [2.05, 4.69) is 10.2 Å². The molecule has 7 heteroatoms. The predicted octanol–water partition coefficient (Wildman–Crippen LogP) is 5.52. The van der Waals surface area contributed by atoms with E-state index in [0.717, 1.165) is 16.8 Å². The van der Waals surface area contributed by atoms with Crippen molar-refractivity contribution in [2.45, 2.75) is 6.92 Å². The fourth-order valence-electron chi connectivity index (χ4n) is 3.82. The van der Waals surface area contributed by atoms with Gasteiger partial charge in [0.15, 0.2) is 0 Å². The Labute approximate surface area is 197 Å². The first-order valence-electron chi connectivity index (χ1n) is 10.4. The van der Waals surface area contributed by atoms with Gasteiger partial charge in [0.1, 0.15) is 0 Å². The Bertz CT molecular complexity index is 1160. The van der Waals surface area contributed by atoms with Crippen molar-refractivity contribution in [3.05, 3.63) is 93.5 Å². The topological polar surface area (TPSA) is 52.7 Å². The number of anilines is 2. The number of rotatable bonds is 4. The van der Waals surface area contributed by atoms with E-state index in [1.165, 1.54) is 0 Å². The lowest BCUT2D eigenvalue weighted by Crippen LogP contribution is -2.49. The maximum Gasteiger partial charge on any atom is 0.257 e. The van der Waals surface area contributed by atoms with Crippen molar-refractivity contribution < 1.29 is 9.59 Å². The largest absolute Gasteiger partial charge is 0.367 e. The summed E-state index contributed by atoms with van der Waals surface area (Å²) in [7, 11) is 0. The van der Waals surface area contributed by atoms with E-state index in [9.17, 15) is 9.59 Å². The summed E-state index contributed by atoms with van der Waals surface area (Å²) in [5.41, 5.74) is 3.61. The van der Waals surface area contributed by atoms with Crippen LogP contribution >= 0.6 is 23.2 Å². The van der Waals surface area contributed by atoms with Gasteiger partial charge in [-0.2, -0.15) is 0 Å². The molecule has 5 nitrogen and oxygen atoms in total. The molecule has 1 aliphatic heterocycles. The van der Waals surface area contributed by atoms with Crippen LogP contribution in [0.15, 0.2) is 66.7 Å². The molecule has 2 amide bonds. The Balaban J connectivity index is 1.40. The number of amides is 2. The van der Waals surface area contributed by atoms with Crippen LogP contribution in [0.2, 0.25) is 10.0 Å². The molecule has 0 radical (unpaired) electrons. The highest BCUT2D eigenvalue weighted by Gasteiger charge is 2.24. The monoisotopic (exact) mass is 467 g/mol. The normalized spacial score (nSPS) is 13.7. The minimum atomic E-state index is -0.289. The molecule has 0 aromatic heterocycles. The maximum atomic E-state index is 12.9. The zero-order valence-electron chi connectivity index (χ0n) is 17.6. The average Bonchev–Trinajstić information content (AvgIpc) is 2.79. The molecule has 32 heavy (non-hydrogen) atoms. The molecule has 3 aromatic carbocycles. The van der Waals surface area contributed by atoms with Crippen LogP contribution in [0.1, 0.15) is 26.3 Å². The number of halogens is 2. The van der Waals surface area contributed by atoms with E-state index in [0.29, 0.717) is 47.5 Å². The molecule has 1 saturated heterocycles. The number of aryl methyl sites for hydroxylation is 1. The van der Waals surface area contributed by atoms with Crippen LogP contribution < -0.4 is 10.2 Å². The standard InChI is InChI=1S/C25H23Cl2N3O2/c1-17-6-2-3-7-19(17)25(32)30-14-12-29(13-15-30)23-11-10-18(16-22(23)27)28-24(31)20-8-4-5-9-21(20)26/h2-11,16H,12-15H2,1H3,(H,28,31). The van der Waals surface area contributed by atoms with Crippen molar-refractivity contribution in [1.29, 1.82) is 0 Å². The number of nitrogens with zero attached hydrogens (tertiary/aromatic N) is 2. The fourth-order valence-corrected chi connectivity index (χ4v) is 4.34. The summed E-state index contributed by atoms with van der Waals surface area (Å²) in [6.45, 7) is 4.56. The Kier molecular flexibility index (Phi) is 6.68. The summed E-state index contributed by atoms with van der Waals surface area (Å²) in [6.07, 6.45) is 0. The first kappa shape index (κ1) is 22.2. The number of carbonyl (C=O) groups is 2. The highest BCUT2D eigenvalue weighted by molar-refractivity contribution is 6.35. The van der Waals surface area contributed by atoms with Crippen LogP contribution in [0.5, 0.6) is 0 Å². The fraction of sp³-hybridized carbons (Fsp3) is 0.200. The molecule has 0 aliphatic carbocycles. The van der Waals surface area contributed by atoms with Crippen molar-refractivity contribution in [2.24, 2.45) is 0 Å². The Morgan fingerprint density at radius 3 is 2.12 bits per heavy atom. The third-order valence-electron chi connectivity index (χ3n) is 5.61. The summed E-state index contributed by atoms with van der Waals surface area (Å²) in [5.74, 6) is -0.228. The highest BCUT2D eigenvalue weighted by Crippen LogP contribution is 2.30.